The van der Waals surface area contributed by atoms with Gasteiger partial charge in [0.2, 0.25) is 11.8 Å². The van der Waals surface area contributed by atoms with Crippen molar-refractivity contribution in [3.8, 4) is 5.69 Å². The fraction of sp³-hybridized carbons (Fsp3) is 0.478. The van der Waals surface area contributed by atoms with E-state index in [1.807, 2.05) is 0 Å². The van der Waals surface area contributed by atoms with Crippen LogP contribution in [0.3, 0.4) is 0 Å². The van der Waals surface area contributed by atoms with Crippen molar-refractivity contribution in [2.75, 3.05) is 33.5 Å². The Bertz CT molecular complexity index is 1180. The zero-order chi connectivity index (χ0) is 24.5. The zero-order valence-electron chi connectivity index (χ0n) is 19.3. The molecule has 4 heterocycles. The minimum Gasteiger partial charge on any atom is -0.383 e. The summed E-state index contributed by atoms with van der Waals surface area (Å²) in [7, 11) is 1.60. The number of hydrogen-bond donors (Lipinski definition) is 1. The van der Waals surface area contributed by atoms with Crippen LogP contribution in [0.25, 0.3) is 5.69 Å². The second kappa shape index (κ2) is 9.55. The lowest BCUT2D eigenvalue weighted by molar-refractivity contribution is -0.136. The minimum atomic E-state index is -0.677. The van der Waals surface area contributed by atoms with Gasteiger partial charge >= 0.3 is 0 Å². The van der Waals surface area contributed by atoms with Crippen LogP contribution in [0.5, 0.6) is 0 Å². The van der Waals surface area contributed by atoms with E-state index in [0.717, 1.165) is 5.56 Å². The fourth-order valence-corrected chi connectivity index (χ4v) is 4.78. The normalized spacial score (nSPS) is 22.7. The predicted octanol–water partition coefficient (Wildman–Crippen LogP) is -0.0942. The van der Waals surface area contributed by atoms with Gasteiger partial charge in [-0.1, -0.05) is 11.3 Å². The summed E-state index contributed by atoms with van der Waals surface area (Å²) in [5.74, 6) is -1.31. The third kappa shape index (κ3) is 4.42. The monoisotopic (exact) mass is 482 g/mol. The molecule has 4 amide bonds. The summed E-state index contributed by atoms with van der Waals surface area (Å²) in [5.41, 5.74) is 2.00. The molecule has 12 nitrogen and oxygen atoms in total. The summed E-state index contributed by atoms with van der Waals surface area (Å²) in [6.45, 7) is 2.13. The highest BCUT2D eigenvalue weighted by Gasteiger charge is 2.39. The molecule has 2 atom stereocenters. The number of aromatic nitrogens is 3. The summed E-state index contributed by atoms with van der Waals surface area (Å²) < 4.78 is 12.2. The van der Waals surface area contributed by atoms with E-state index in [1.54, 1.807) is 30.2 Å². The van der Waals surface area contributed by atoms with E-state index in [0.29, 0.717) is 57.0 Å². The van der Waals surface area contributed by atoms with Crippen molar-refractivity contribution in [3.63, 3.8) is 0 Å². The molecular weight excluding hydrogens is 456 g/mol. The summed E-state index contributed by atoms with van der Waals surface area (Å²) >= 11 is 0. The van der Waals surface area contributed by atoms with Gasteiger partial charge in [-0.25, -0.2) is 4.68 Å². The third-order valence-corrected chi connectivity index (χ3v) is 6.62. The van der Waals surface area contributed by atoms with Gasteiger partial charge in [0.15, 0.2) is 5.69 Å². The molecule has 2 aromatic rings. The smallest absolute Gasteiger partial charge is 0.276 e. The fourth-order valence-electron chi connectivity index (χ4n) is 4.78. The quantitative estimate of drug-likeness (QED) is 0.584. The molecule has 0 spiro atoms. The number of nitrogens with zero attached hydrogens (tertiary/aromatic N) is 5. The molecule has 184 valence electrons. The number of fused-ring (bicyclic) bond motifs is 1. The number of piperidine rings is 1. The van der Waals surface area contributed by atoms with E-state index in [9.17, 15) is 19.2 Å². The number of rotatable bonds is 5. The van der Waals surface area contributed by atoms with E-state index in [-0.39, 0.29) is 35.9 Å². The minimum absolute atomic E-state index is 0.115. The van der Waals surface area contributed by atoms with Gasteiger partial charge in [-0.05, 0) is 30.5 Å². The second-order valence-corrected chi connectivity index (χ2v) is 8.80. The van der Waals surface area contributed by atoms with Gasteiger partial charge in [-0.15, -0.1) is 5.10 Å². The molecule has 2 fully saturated rings. The molecule has 0 aliphatic carbocycles. The first-order valence-electron chi connectivity index (χ1n) is 11.5. The molecule has 1 N–H and O–H groups in total. The van der Waals surface area contributed by atoms with E-state index >= 15 is 0 Å². The van der Waals surface area contributed by atoms with Crippen LogP contribution in [0.15, 0.2) is 24.4 Å². The van der Waals surface area contributed by atoms with Gasteiger partial charge in [-0.2, -0.15) is 0 Å². The average molecular weight is 482 g/mol. The maximum Gasteiger partial charge on any atom is 0.276 e. The molecule has 35 heavy (non-hydrogen) atoms. The van der Waals surface area contributed by atoms with Gasteiger partial charge in [0.1, 0.15) is 6.04 Å². The maximum atomic E-state index is 13.2. The summed E-state index contributed by atoms with van der Waals surface area (Å²) in [5, 5.41) is 10.5. The number of benzene rings is 1. The molecule has 1 aromatic heterocycles. The number of hydrogen-bond acceptors (Lipinski definition) is 8. The second-order valence-electron chi connectivity index (χ2n) is 8.80. The molecular formula is C23H26N6O6. The molecule has 0 saturated carbocycles. The van der Waals surface area contributed by atoms with Crippen molar-refractivity contribution in [1.82, 2.24) is 30.1 Å². The lowest BCUT2D eigenvalue weighted by Crippen LogP contribution is -2.52. The Labute approximate surface area is 201 Å². The highest BCUT2D eigenvalue weighted by molar-refractivity contribution is 6.05. The Kier molecular flexibility index (Phi) is 6.31. The van der Waals surface area contributed by atoms with Crippen molar-refractivity contribution >= 4 is 23.6 Å². The summed E-state index contributed by atoms with van der Waals surface area (Å²) in [6.07, 6.45) is 2.71. The van der Waals surface area contributed by atoms with E-state index in [2.05, 4.69) is 15.6 Å². The van der Waals surface area contributed by atoms with Gasteiger partial charge in [0.25, 0.3) is 11.8 Å². The van der Waals surface area contributed by atoms with Gasteiger partial charge < -0.3 is 19.3 Å². The Balaban J connectivity index is 1.34. The highest BCUT2D eigenvalue weighted by atomic mass is 16.5. The van der Waals surface area contributed by atoms with E-state index in [4.69, 9.17) is 9.47 Å². The molecule has 2 saturated heterocycles. The number of carbonyl (C=O) groups excluding carboxylic acids is 4. The molecule has 2 unspecified atom stereocenters. The highest BCUT2D eigenvalue weighted by Crippen LogP contribution is 2.29. The van der Waals surface area contributed by atoms with Crippen LogP contribution in [0, 0.1) is 0 Å². The van der Waals surface area contributed by atoms with Gasteiger partial charge in [0.05, 0.1) is 31.1 Å². The topological polar surface area (TPSA) is 136 Å². The molecule has 5 rings (SSSR count). The number of nitrogens with one attached hydrogen (secondary N) is 1. The first-order valence-corrected chi connectivity index (χ1v) is 11.5. The predicted molar refractivity (Wildman–Crippen MR) is 120 cm³/mol. The molecule has 1 aromatic carbocycles. The largest absolute Gasteiger partial charge is 0.383 e. The van der Waals surface area contributed by atoms with Crippen LogP contribution < -0.4 is 5.32 Å². The average Bonchev–Trinajstić information content (AvgIpc) is 3.38. The molecule has 0 bridgehead atoms. The number of imide groups is 1. The standard InChI is InChI=1S/C23H26N6O6/c1-34-13-16-6-8-35-9-7-27(16)23(33)18-12-29(26-25-18)15-3-2-14-11-28(22(32)17(14)10-15)19-4-5-20(30)24-21(19)31/h2-3,10,12,16,19H,4-9,11,13H2,1H3,(H,24,30,31). The molecule has 3 aliphatic rings. The van der Waals surface area contributed by atoms with Crippen molar-refractivity contribution in [3.05, 3.63) is 41.2 Å². The van der Waals surface area contributed by atoms with Crippen LogP contribution in [-0.4, -0.2) is 94.0 Å². The Hall–Kier alpha value is -3.64. The van der Waals surface area contributed by atoms with Crippen LogP contribution >= 0.6 is 0 Å². The summed E-state index contributed by atoms with van der Waals surface area (Å²) in [6, 6.07) is 4.48. The Morgan fingerprint density at radius 3 is 2.89 bits per heavy atom. The Morgan fingerprint density at radius 2 is 2.09 bits per heavy atom. The van der Waals surface area contributed by atoms with Crippen molar-refractivity contribution < 1.29 is 28.7 Å². The lowest BCUT2D eigenvalue weighted by Gasteiger charge is -2.29. The van der Waals surface area contributed by atoms with Gasteiger partial charge in [0, 0.05) is 38.8 Å². The molecule has 0 radical (unpaired) electrons. The zero-order valence-corrected chi connectivity index (χ0v) is 19.3. The van der Waals surface area contributed by atoms with E-state index < -0.39 is 11.9 Å². The SMILES string of the molecule is COCC1CCOCCN1C(=O)c1cn(-c2ccc3c(c2)C(=O)N(C2CCC(=O)NC2=O)C3)nn1. The molecule has 3 aliphatic heterocycles. The van der Waals surface area contributed by atoms with Crippen LogP contribution in [0.2, 0.25) is 0 Å². The summed E-state index contributed by atoms with van der Waals surface area (Å²) in [4.78, 5) is 53.2. The molecule has 12 heteroatoms. The lowest BCUT2D eigenvalue weighted by atomic mass is 10.0. The van der Waals surface area contributed by atoms with Crippen LogP contribution in [0.4, 0.5) is 0 Å². The van der Waals surface area contributed by atoms with Crippen LogP contribution in [0.1, 0.15) is 45.7 Å². The van der Waals surface area contributed by atoms with Crippen molar-refractivity contribution in [2.45, 2.75) is 37.9 Å². The first-order chi connectivity index (χ1) is 17.0. The first kappa shape index (κ1) is 23.1. The third-order valence-electron chi connectivity index (χ3n) is 6.62. The number of carbonyl (C=O) groups is 4. The number of methoxy groups -OCH3 is 1. The number of amides is 4. The van der Waals surface area contributed by atoms with E-state index in [1.165, 1.54) is 15.8 Å². The van der Waals surface area contributed by atoms with Crippen LogP contribution in [-0.2, 0) is 25.6 Å². The maximum absolute atomic E-state index is 13.2. The Morgan fingerprint density at radius 1 is 1.23 bits per heavy atom. The number of ether oxygens (including phenoxy) is 2. The van der Waals surface area contributed by atoms with Gasteiger partial charge in [-0.3, -0.25) is 24.5 Å². The van der Waals surface area contributed by atoms with Crippen molar-refractivity contribution in [2.24, 2.45) is 0 Å². The van der Waals surface area contributed by atoms with Crippen molar-refractivity contribution in [1.29, 1.82) is 0 Å².